The minimum Gasteiger partial charge on any atom is -0.489 e. The Balaban J connectivity index is 0.000000295. The first-order chi connectivity index (χ1) is 32.2. The largest absolute Gasteiger partial charge is 0.489 e. The number of nitrogens with one attached hydrogen (secondary N) is 3. The lowest BCUT2D eigenvalue weighted by molar-refractivity contribution is -0.116. The van der Waals surface area contributed by atoms with Gasteiger partial charge in [-0.1, -0.05) is 93.0 Å². The van der Waals surface area contributed by atoms with Gasteiger partial charge in [-0.25, -0.2) is 4.79 Å². The lowest BCUT2D eigenvalue weighted by Crippen LogP contribution is -2.43. The van der Waals surface area contributed by atoms with Gasteiger partial charge in [0.25, 0.3) is 5.91 Å². The standard InChI is InChI=1S/C34H46N4O5.C19H21NO3S2/c1-31(2,18-39)32(3,4)19-42-29-14-27-25(13-28(29)43-20-33(5,6)34(7,8)41)30(40)38-17-23(12-24(38)16-35-27)21-9-10-26-22(11-21)15-36-37-26;1-4-5-6-7-8-9-10-16-15(13-14-25-24-3)11-12-17(21)18(16)20-19(22)23-2/h9-11,13-15,17,24,35,39,41H,12,16,18-20H2,1-8H3,(H,36,37);6-7,13H,10-12,14H2,1-3H3,(H,20,22)/b;7-6-,15-13-. The van der Waals surface area contributed by atoms with Gasteiger partial charge in [0.1, 0.15) is 0 Å². The van der Waals surface area contributed by atoms with Crippen LogP contribution in [0.1, 0.15) is 104 Å². The summed E-state index contributed by atoms with van der Waals surface area (Å²) >= 11 is 0. The van der Waals surface area contributed by atoms with E-state index < -0.39 is 17.1 Å². The smallest absolute Gasteiger partial charge is 0.411 e. The van der Waals surface area contributed by atoms with Gasteiger partial charge in [-0.3, -0.25) is 20.0 Å². The predicted octanol–water partition coefficient (Wildman–Crippen LogP) is 9.71. The van der Waals surface area contributed by atoms with Gasteiger partial charge in [-0.15, -0.1) is 5.92 Å². The van der Waals surface area contributed by atoms with Gasteiger partial charge in [-0.2, -0.15) is 5.10 Å². The predicted molar refractivity (Wildman–Crippen MR) is 275 cm³/mol. The molecule has 6 rings (SSSR count). The monoisotopic (exact) mass is 965 g/mol. The van der Waals surface area contributed by atoms with Crippen LogP contribution >= 0.6 is 21.6 Å². The van der Waals surface area contributed by atoms with E-state index in [-0.39, 0.29) is 41.8 Å². The Kier molecular flexibility index (Phi) is 18.2. The van der Waals surface area contributed by atoms with Crippen molar-refractivity contribution in [2.24, 2.45) is 16.2 Å². The first kappa shape index (κ1) is 53.4. The number of H-pyrrole nitrogens is 1. The fourth-order valence-electron chi connectivity index (χ4n) is 7.13. The summed E-state index contributed by atoms with van der Waals surface area (Å²) in [7, 11) is 4.68. The van der Waals surface area contributed by atoms with Crippen molar-refractivity contribution in [2.45, 2.75) is 99.6 Å². The van der Waals surface area contributed by atoms with Crippen molar-refractivity contribution in [2.75, 3.05) is 50.8 Å². The summed E-state index contributed by atoms with van der Waals surface area (Å²) in [6.45, 7) is 18.5. The highest BCUT2D eigenvalue weighted by atomic mass is 33.1. The summed E-state index contributed by atoms with van der Waals surface area (Å²) in [4.78, 5) is 39.7. The first-order valence-corrected chi connectivity index (χ1v) is 25.4. The number of nitrogens with zero attached hydrogens (tertiary/aromatic N) is 2. The van der Waals surface area contributed by atoms with E-state index in [0.717, 1.165) is 45.4 Å². The number of aromatic nitrogens is 2. The molecule has 5 N–H and O–H groups in total. The van der Waals surface area contributed by atoms with E-state index in [1.165, 1.54) is 7.11 Å². The molecule has 0 saturated heterocycles. The number of anilines is 1. The maximum Gasteiger partial charge on any atom is 0.411 e. The molecular formula is C53H67N5O8S2. The van der Waals surface area contributed by atoms with E-state index in [1.54, 1.807) is 60.6 Å². The Labute approximate surface area is 409 Å². The molecule has 2 amide bonds. The Morgan fingerprint density at radius 1 is 0.985 bits per heavy atom. The number of alkyl carbamates (subject to hydrolysis) is 1. The molecule has 0 spiro atoms. The Morgan fingerprint density at radius 2 is 1.69 bits per heavy atom. The molecule has 1 aromatic heterocycles. The van der Waals surface area contributed by atoms with Crippen molar-refractivity contribution in [1.29, 1.82) is 0 Å². The number of rotatable bonds is 15. The zero-order valence-corrected chi connectivity index (χ0v) is 42.9. The van der Waals surface area contributed by atoms with Crippen LogP contribution in [0.4, 0.5) is 10.5 Å². The fourth-order valence-corrected chi connectivity index (χ4v) is 8.15. The fraction of sp³-hybridized carbons (Fsp3) is 0.472. The Bertz CT molecular complexity index is 2590. The van der Waals surface area contributed by atoms with Crippen LogP contribution < -0.4 is 20.1 Å². The third-order valence-corrected chi connectivity index (χ3v) is 15.0. The molecule has 1 atom stereocenters. The number of hydrogen-bond acceptors (Lipinski definition) is 12. The average Bonchev–Trinajstić information content (AvgIpc) is 3.94. The third-order valence-electron chi connectivity index (χ3n) is 13.4. The van der Waals surface area contributed by atoms with E-state index in [2.05, 4.69) is 81.3 Å². The highest BCUT2D eigenvalue weighted by molar-refractivity contribution is 8.76. The number of aliphatic hydroxyl groups excluding tert-OH is 1. The zero-order valence-electron chi connectivity index (χ0n) is 41.3. The maximum absolute atomic E-state index is 14.0. The molecule has 0 bridgehead atoms. The van der Waals surface area contributed by atoms with Crippen molar-refractivity contribution in [3.8, 4) is 35.2 Å². The van der Waals surface area contributed by atoms with Crippen molar-refractivity contribution in [3.05, 3.63) is 88.9 Å². The molecule has 0 radical (unpaired) electrons. The van der Waals surface area contributed by atoms with Gasteiger partial charge in [-0.05, 0) is 97.9 Å². The number of fused-ring (bicyclic) bond motifs is 3. The minimum atomic E-state index is -0.992. The number of ketones is 1. The number of Topliss-reactive ketones (excluding diaryl/α,β-unsaturated/α-hetero) is 1. The van der Waals surface area contributed by atoms with Crippen LogP contribution in [0, 0.1) is 39.9 Å². The van der Waals surface area contributed by atoms with E-state index in [4.69, 9.17) is 9.47 Å². The summed E-state index contributed by atoms with van der Waals surface area (Å²) in [6, 6.07) is 9.74. The molecule has 13 nitrogen and oxygen atoms in total. The molecule has 2 aromatic carbocycles. The molecule has 2 aliphatic heterocycles. The van der Waals surface area contributed by atoms with Gasteiger partial charge in [0.15, 0.2) is 17.3 Å². The first-order valence-electron chi connectivity index (χ1n) is 22.7. The van der Waals surface area contributed by atoms with Crippen molar-refractivity contribution >= 4 is 61.5 Å². The summed E-state index contributed by atoms with van der Waals surface area (Å²) in [5, 5.41) is 34.9. The second-order valence-electron chi connectivity index (χ2n) is 19.4. The summed E-state index contributed by atoms with van der Waals surface area (Å²) in [5.74, 6) is 13.0. The number of benzene rings is 2. The number of hydrogen-bond donors (Lipinski definition) is 5. The highest BCUT2D eigenvalue weighted by Crippen LogP contribution is 2.44. The number of aliphatic hydroxyl groups is 2. The molecule has 68 heavy (non-hydrogen) atoms. The molecule has 15 heteroatoms. The van der Waals surface area contributed by atoms with Gasteiger partial charge in [0.05, 0.1) is 60.6 Å². The number of carbonyl (C=O) groups excluding carboxylic acids is 3. The second-order valence-corrected chi connectivity index (χ2v) is 22.0. The van der Waals surface area contributed by atoms with E-state index in [1.807, 2.05) is 63.4 Å². The molecule has 0 saturated carbocycles. The van der Waals surface area contributed by atoms with Crippen LogP contribution in [0.15, 0.2) is 77.8 Å². The molecular weight excluding hydrogens is 899 g/mol. The van der Waals surface area contributed by atoms with Crippen LogP contribution in [-0.4, -0.2) is 100 Å². The van der Waals surface area contributed by atoms with Gasteiger partial charge in [0, 0.05) is 60.2 Å². The summed E-state index contributed by atoms with van der Waals surface area (Å²) < 4.78 is 17.4. The highest BCUT2D eigenvalue weighted by Gasteiger charge is 2.40. The van der Waals surface area contributed by atoms with Crippen LogP contribution in [0.3, 0.4) is 0 Å². The minimum absolute atomic E-state index is 0.0232. The number of carbonyl (C=O) groups is 3. The molecule has 3 aliphatic rings. The van der Waals surface area contributed by atoms with Gasteiger partial charge < -0.3 is 34.6 Å². The average molecular weight is 966 g/mol. The molecule has 364 valence electrons. The van der Waals surface area contributed by atoms with E-state index in [9.17, 15) is 24.6 Å². The maximum atomic E-state index is 14.0. The molecule has 3 heterocycles. The van der Waals surface area contributed by atoms with E-state index >= 15 is 0 Å². The van der Waals surface area contributed by atoms with E-state index in [0.29, 0.717) is 60.9 Å². The number of ether oxygens (including phenoxy) is 3. The summed E-state index contributed by atoms with van der Waals surface area (Å²) in [6.07, 6.45) is 12.7. The number of amides is 2. The third kappa shape index (κ3) is 13.1. The Morgan fingerprint density at radius 3 is 2.37 bits per heavy atom. The number of allylic oxidation sites excluding steroid dienone is 5. The van der Waals surface area contributed by atoms with Crippen LogP contribution in [-0.2, 0) is 9.53 Å². The second kappa shape index (κ2) is 23.1. The number of aromatic amines is 1. The quantitative estimate of drug-likeness (QED) is 0.0555. The molecule has 3 aromatic rings. The van der Waals surface area contributed by atoms with Crippen molar-refractivity contribution < 1.29 is 38.8 Å². The molecule has 1 unspecified atom stereocenters. The van der Waals surface area contributed by atoms with Crippen LogP contribution in [0.2, 0.25) is 0 Å². The van der Waals surface area contributed by atoms with Gasteiger partial charge in [0.2, 0.25) is 0 Å². The normalized spacial score (nSPS) is 16.9. The van der Waals surface area contributed by atoms with Crippen LogP contribution in [0.25, 0.3) is 16.5 Å². The zero-order chi connectivity index (χ0) is 49.9. The number of methoxy groups -OCH3 is 1. The van der Waals surface area contributed by atoms with Gasteiger partial charge >= 0.3 is 6.09 Å². The van der Waals surface area contributed by atoms with Crippen molar-refractivity contribution in [3.63, 3.8) is 0 Å². The summed E-state index contributed by atoms with van der Waals surface area (Å²) in [5.41, 5.74) is 4.16. The molecule has 0 fully saturated rings. The van der Waals surface area contributed by atoms with Crippen molar-refractivity contribution in [1.82, 2.24) is 20.4 Å². The molecule has 1 aliphatic carbocycles. The topological polar surface area (TPSA) is 175 Å². The Hall–Kier alpha value is -5.58. The lowest BCUT2D eigenvalue weighted by Gasteiger charge is -2.40. The van der Waals surface area contributed by atoms with Crippen LogP contribution in [0.5, 0.6) is 11.5 Å². The SMILES string of the molecule is CC#C/C=C\C#CCC1=C(NC(=O)OC)C(=O)CC/C1=C/CSSC.CC(C)(O)C(C)(C)COc1cc2c(cc1OCC(C)(C)C(C)(C)CO)NCC1CC(c3ccc4[nH]ncc4c3)=CN1C2=O. The lowest BCUT2D eigenvalue weighted by atomic mass is 9.69.